The third-order valence-electron chi connectivity index (χ3n) is 2.64. The van der Waals surface area contributed by atoms with E-state index < -0.39 is 11.9 Å². The Balaban J connectivity index is 2.34. The van der Waals surface area contributed by atoms with Crippen LogP contribution in [0.25, 0.3) is 10.7 Å². The first-order chi connectivity index (χ1) is 8.11. The van der Waals surface area contributed by atoms with Gasteiger partial charge in [0.1, 0.15) is 0 Å². The van der Waals surface area contributed by atoms with E-state index in [-0.39, 0.29) is 6.04 Å². The number of carboxylic acid groups (broad SMARTS) is 1. The first kappa shape index (κ1) is 11.6. The Morgan fingerprint density at radius 1 is 1.53 bits per heavy atom. The van der Waals surface area contributed by atoms with Crippen LogP contribution in [-0.2, 0) is 4.79 Å². The van der Waals surface area contributed by atoms with Crippen LogP contribution >= 0.6 is 11.3 Å². The van der Waals surface area contributed by atoms with Crippen LogP contribution in [0.3, 0.4) is 0 Å². The van der Waals surface area contributed by atoms with Crippen molar-refractivity contribution >= 4 is 17.3 Å². The predicted molar refractivity (Wildman–Crippen MR) is 60.4 cm³/mol. The molecule has 2 unspecified atom stereocenters. The highest BCUT2D eigenvalue weighted by Crippen LogP contribution is 2.25. The molecule has 0 spiro atoms. The smallest absolute Gasteiger partial charge is 0.308 e. The molecule has 7 nitrogen and oxygen atoms in total. The predicted octanol–water partition coefficient (Wildman–Crippen LogP) is 1.08. The zero-order valence-electron chi connectivity index (χ0n) is 9.31. The fourth-order valence-corrected chi connectivity index (χ4v) is 1.97. The maximum absolute atomic E-state index is 10.9. The van der Waals surface area contributed by atoms with E-state index in [9.17, 15) is 4.79 Å². The summed E-state index contributed by atoms with van der Waals surface area (Å²) in [5, 5.41) is 20.3. The normalized spacial score (nSPS) is 14.5. The second-order valence-corrected chi connectivity index (χ2v) is 4.57. The molecule has 1 N–H and O–H groups in total. The first-order valence-electron chi connectivity index (χ1n) is 5.00. The van der Waals surface area contributed by atoms with Gasteiger partial charge in [0.15, 0.2) is 5.82 Å². The SMILES string of the molecule is CC(C(=O)O)C(C)n1nnnc1-c1cncs1. The van der Waals surface area contributed by atoms with Gasteiger partial charge in [-0.3, -0.25) is 9.78 Å². The van der Waals surface area contributed by atoms with Gasteiger partial charge in [0.25, 0.3) is 0 Å². The summed E-state index contributed by atoms with van der Waals surface area (Å²) >= 11 is 1.41. The van der Waals surface area contributed by atoms with Gasteiger partial charge in [-0.15, -0.1) is 16.4 Å². The molecule has 0 fully saturated rings. The molecule has 0 saturated heterocycles. The number of hydrogen-bond donors (Lipinski definition) is 1. The Morgan fingerprint density at radius 2 is 2.29 bits per heavy atom. The lowest BCUT2D eigenvalue weighted by Gasteiger charge is -2.16. The molecule has 0 bridgehead atoms. The minimum atomic E-state index is -0.872. The monoisotopic (exact) mass is 253 g/mol. The second-order valence-electron chi connectivity index (χ2n) is 3.68. The van der Waals surface area contributed by atoms with Crippen molar-refractivity contribution in [1.82, 2.24) is 25.2 Å². The van der Waals surface area contributed by atoms with Gasteiger partial charge in [-0.2, -0.15) is 0 Å². The number of carboxylic acids is 1. The fraction of sp³-hybridized carbons (Fsp3) is 0.444. The molecule has 2 aromatic heterocycles. The molecule has 0 amide bonds. The van der Waals surface area contributed by atoms with Crippen molar-refractivity contribution < 1.29 is 9.90 Å². The van der Waals surface area contributed by atoms with Gasteiger partial charge in [0, 0.05) is 6.20 Å². The van der Waals surface area contributed by atoms with Gasteiger partial charge in [-0.05, 0) is 24.3 Å². The highest BCUT2D eigenvalue weighted by Gasteiger charge is 2.25. The molecule has 90 valence electrons. The molecule has 8 heteroatoms. The lowest BCUT2D eigenvalue weighted by molar-refractivity contribution is -0.142. The third-order valence-corrected chi connectivity index (χ3v) is 3.41. The van der Waals surface area contributed by atoms with Gasteiger partial charge in [-0.25, -0.2) is 4.68 Å². The molecule has 0 aliphatic rings. The van der Waals surface area contributed by atoms with E-state index in [4.69, 9.17) is 5.11 Å². The van der Waals surface area contributed by atoms with Crippen molar-refractivity contribution in [3.05, 3.63) is 11.7 Å². The Morgan fingerprint density at radius 3 is 2.88 bits per heavy atom. The minimum absolute atomic E-state index is 0.320. The Hall–Kier alpha value is -1.83. The van der Waals surface area contributed by atoms with Crippen LogP contribution in [0.4, 0.5) is 0 Å². The maximum Gasteiger partial charge on any atom is 0.308 e. The number of rotatable bonds is 4. The molecule has 2 aromatic rings. The van der Waals surface area contributed by atoms with Crippen LogP contribution in [-0.4, -0.2) is 36.3 Å². The van der Waals surface area contributed by atoms with Crippen molar-refractivity contribution in [3.63, 3.8) is 0 Å². The quantitative estimate of drug-likeness (QED) is 0.876. The summed E-state index contributed by atoms with van der Waals surface area (Å²) in [7, 11) is 0. The maximum atomic E-state index is 10.9. The van der Waals surface area contributed by atoms with Crippen LogP contribution in [0.1, 0.15) is 19.9 Å². The third kappa shape index (κ3) is 2.16. The number of aliphatic carboxylic acids is 1. The van der Waals surface area contributed by atoms with Crippen molar-refractivity contribution in [2.24, 2.45) is 5.92 Å². The summed E-state index contributed by atoms with van der Waals surface area (Å²) in [6.45, 7) is 3.41. The number of nitrogens with zero attached hydrogens (tertiary/aromatic N) is 5. The number of hydrogen-bond acceptors (Lipinski definition) is 6. The molecule has 0 aromatic carbocycles. The molecule has 0 radical (unpaired) electrons. The molecule has 2 atom stereocenters. The van der Waals surface area contributed by atoms with Crippen molar-refractivity contribution in [1.29, 1.82) is 0 Å². The molecular formula is C9H11N5O2S. The van der Waals surface area contributed by atoms with E-state index in [2.05, 4.69) is 20.5 Å². The van der Waals surface area contributed by atoms with Gasteiger partial charge >= 0.3 is 5.97 Å². The number of carbonyl (C=O) groups is 1. The highest BCUT2D eigenvalue weighted by atomic mass is 32.1. The van der Waals surface area contributed by atoms with Crippen LogP contribution in [0.2, 0.25) is 0 Å². The lowest BCUT2D eigenvalue weighted by atomic mass is 10.0. The molecule has 2 rings (SSSR count). The van der Waals surface area contributed by atoms with Crippen LogP contribution in [0, 0.1) is 5.92 Å². The average Bonchev–Trinajstić information content (AvgIpc) is 2.96. The number of aromatic nitrogens is 5. The van der Waals surface area contributed by atoms with Gasteiger partial charge < -0.3 is 5.11 Å². The summed E-state index contributed by atoms with van der Waals surface area (Å²) in [5.74, 6) is -0.887. The number of thiazole rings is 1. The van der Waals surface area contributed by atoms with Crippen LogP contribution in [0.15, 0.2) is 11.7 Å². The summed E-state index contributed by atoms with van der Waals surface area (Å²) in [6.07, 6.45) is 1.66. The zero-order chi connectivity index (χ0) is 12.4. The van der Waals surface area contributed by atoms with Gasteiger partial charge in [0.2, 0.25) is 0 Å². The summed E-state index contributed by atoms with van der Waals surface area (Å²) in [5.41, 5.74) is 1.68. The van der Waals surface area contributed by atoms with Gasteiger partial charge in [0.05, 0.1) is 22.3 Å². The number of tetrazole rings is 1. The highest BCUT2D eigenvalue weighted by molar-refractivity contribution is 7.13. The Kier molecular flexibility index (Phi) is 3.14. The molecule has 0 aliphatic heterocycles. The lowest BCUT2D eigenvalue weighted by Crippen LogP contribution is -2.23. The summed E-state index contributed by atoms with van der Waals surface area (Å²) in [6, 6.07) is -0.320. The molecule has 0 aliphatic carbocycles. The van der Waals surface area contributed by atoms with Gasteiger partial charge in [-0.1, -0.05) is 0 Å². The van der Waals surface area contributed by atoms with Crippen molar-refractivity contribution in [3.8, 4) is 10.7 Å². The molecule has 0 saturated carbocycles. The Bertz CT molecular complexity index is 509. The minimum Gasteiger partial charge on any atom is -0.481 e. The molecule has 17 heavy (non-hydrogen) atoms. The molecular weight excluding hydrogens is 242 g/mol. The van der Waals surface area contributed by atoms with E-state index in [1.807, 2.05) is 0 Å². The summed E-state index contributed by atoms with van der Waals surface area (Å²) in [4.78, 5) is 15.7. The fourth-order valence-electron chi connectivity index (χ4n) is 1.37. The van der Waals surface area contributed by atoms with Crippen molar-refractivity contribution in [2.45, 2.75) is 19.9 Å². The van der Waals surface area contributed by atoms with E-state index >= 15 is 0 Å². The Labute approximate surface area is 101 Å². The second kappa shape index (κ2) is 4.58. The van der Waals surface area contributed by atoms with E-state index in [1.54, 1.807) is 25.6 Å². The average molecular weight is 253 g/mol. The van der Waals surface area contributed by atoms with Crippen LogP contribution < -0.4 is 0 Å². The van der Waals surface area contributed by atoms with E-state index in [0.717, 1.165) is 4.88 Å². The van der Waals surface area contributed by atoms with Crippen molar-refractivity contribution in [2.75, 3.05) is 0 Å². The van der Waals surface area contributed by atoms with E-state index in [1.165, 1.54) is 16.0 Å². The first-order valence-corrected chi connectivity index (χ1v) is 5.88. The largest absolute Gasteiger partial charge is 0.481 e. The summed E-state index contributed by atoms with van der Waals surface area (Å²) < 4.78 is 1.52. The zero-order valence-corrected chi connectivity index (χ0v) is 10.1. The molecule has 2 heterocycles. The van der Waals surface area contributed by atoms with Crippen LogP contribution in [0.5, 0.6) is 0 Å². The standard InChI is InChI=1S/C9H11N5O2S/c1-5(9(15)16)6(2)14-8(11-12-13-14)7-3-10-4-17-7/h3-6H,1-2H3,(H,15,16). The topological polar surface area (TPSA) is 93.8 Å². The van der Waals surface area contributed by atoms with E-state index in [0.29, 0.717) is 5.82 Å².